The molecule has 0 saturated carbocycles. The summed E-state index contributed by atoms with van der Waals surface area (Å²) in [6.07, 6.45) is 0. The molecule has 0 amide bonds. The predicted molar refractivity (Wildman–Crippen MR) is 85.7 cm³/mol. The molecule has 0 bridgehead atoms. The van der Waals surface area contributed by atoms with E-state index in [1.54, 1.807) is 0 Å². The third-order valence-electron chi connectivity index (χ3n) is 2.97. The van der Waals surface area contributed by atoms with Gasteiger partial charge >= 0.3 is 0 Å². The van der Waals surface area contributed by atoms with E-state index in [1.807, 2.05) is 18.2 Å². The number of aryl methyl sites for hydroxylation is 1. The summed E-state index contributed by atoms with van der Waals surface area (Å²) in [6, 6.07) is 14.2. The van der Waals surface area contributed by atoms with E-state index < -0.39 is 0 Å². The van der Waals surface area contributed by atoms with Crippen LogP contribution in [0, 0.1) is 6.92 Å². The first kappa shape index (κ1) is 14.4. The first-order valence-electron chi connectivity index (χ1n) is 6.08. The van der Waals surface area contributed by atoms with Crippen LogP contribution in [0.4, 0.5) is 5.69 Å². The minimum absolute atomic E-state index is 0.0660. The van der Waals surface area contributed by atoms with Crippen molar-refractivity contribution in [1.82, 2.24) is 0 Å². The number of anilines is 1. The number of nitrogens with one attached hydrogen (secondary N) is 1. The first-order valence-corrected chi connectivity index (χ1v) is 7.25. The highest BCUT2D eigenvalue weighted by Gasteiger charge is 2.10. The molecule has 0 radical (unpaired) electrons. The third kappa shape index (κ3) is 3.72. The summed E-state index contributed by atoms with van der Waals surface area (Å²) >= 11 is 9.45. The van der Waals surface area contributed by atoms with Crippen LogP contribution in [-0.2, 0) is 0 Å². The van der Waals surface area contributed by atoms with Crippen LogP contribution in [0.3, 0.4) is 0 Å². The number of hydrogen-bond donors (Lipinski definition) is 2. The van der Waals surface area contributed by atoms with Gasteiger partial charge in [0.15, 0.2) is 0 Å². The van der Waals surface area contributed by atoms with Crippen LogP contribution in [-0.4, -0.2) is 6.54 Å². The standard InChI is InChI=1S/C15H16BrClN2/c1-10-2-5-12(6-3-10)19-15(9-18)11-4-7-14(17)13(16)8-11/h2-8,15,19H,9,18H2,1H3. The molecular formula is C15H16BrClN2. The average molecular weight is 340 g/mol. The average Bonchev–Trinajstić information content (AvgIpc) is 2.41. The first-order chi connectivity index (χ1) is 9.10. The van der Waals surface area contributed by atoms with Crippen molar-refractivity contribution >= 4 is 33.2 Å². The molecule has 0 aromatic heterocycles. The largest absolute Gasteiger partial charge is 0.377 e. The molecule has 0 heterocycles. The Morgan fingerprint density at radius 3 is 2.47 bits per heavy atom. The lowest BCUT2D eigenvalue weighted by molar-refractivity contribution is 0.789. The van der Waals surface area contributed by atoms with Gasteiger partial charge in [0, 0.05) is 16.7 Å². The molecule has 1 atom stereocenters. The van der Waals surface area contributed by atoms with Crippen molar-refractivity contribution in [3.63, 3.8) is 0 Å². The summed E-state index contributed by atoms with van der Waals surface area (Å²) in [6.45, 7) is 2.59. The lowest BCUT2D eigenvalue weighted by Crippen LogP contribution is -2.20. The molecule has 2 rings (SSSR count). The van der Waals surface area contributed by atoms with Crippen LogP contribution >= 0.6 is 27.5 Å². The molecule has 0 spiro atoms. The van der Waals surface area contributed by atoms with Gasteiger partial charge in [0.05, 0.1) is 11.1 Å². The Balaban J connectivity index is 2.19. The fourth-order valence-corrected chi connectivity index (χ4v) is 2.37. The van der Waals surface area contributed by atoms with Crippen molar-refractivity contribution in [2.24, 2.45) is 5.73 Å². The van der Waals surface area contributed by atoms with Gasteiger partial charge in [-0.05, 0) is 52.7 Å². The number of halogens is 2. The molecule has 19 heavy (non-hydrogen) atoms. The van der Waals surface area contributed by atoms with E-state index >= 15 is 0 Å². The zero-order valence-electron chi connectivity index (χ0n) is 10.7. The smallest absolute Gasteiger partial charge is 0.0636 e. The van der Waals surface area contributed by atoms with E-state index in [0.717, 1.165) is 15.7 Å². The molecular weight excluding hydrogens is 324 g/mol. The Hall–Kier alpha value is -1.03. The Morgan fingerprint density at radius 2 is 1.89 bits per heavy atom. The van der Waals surface area contributed by atoms with Crippen molar-refractivity contribution in [2.75, 3.05) is 11.9 Å². The van der Waals surface area contributed by atoms with Gasteiger partial charge in [-0.25, -0.2) is 0 Å². The molecule has 0 fully saturated rings. The summed E-state index contributed by atoms with van der Waals surface area (Å²) in [5.74, 6) is 0. The number of benzene rings is 2. The van der Waals surface area contributed by atoms with Gasteiger partial charge in [-0.1, -0.05) is 35.4 Å². The molecule has 2 aromatic rings. The second kappa shape index (κ2) is 6.42. The van der Waals surface area contributed by atoms with Crippen molar-refractivity contribution in [2.45, 2.75) is 13.0 Å². The topological polar surface area (TPSA) is 38.0 Å². The predicted octanol–water partition coefficient (Wildman–Crippen LogP) is 4.52. The molecule has 2 aromatic carbocycles. The molecule has 0 aliphatic carbocycles. The SMILES string of the molecule is Cc1ccc(NC(CN)c2ccc(Cl)c(Br)c2)cc1. The summed E-state index contributed by atoms with van der Waals surface area (Å²) in [5.41, 5.74) is 9.27. The van der Waals surface area contributed by atoms with E-state index in [-0.39, 0.29) is 6.04 Å². The monoisotopic (exact) mass is 338 g/mol. The van der Waals surface area contributed by atoms with Crippen molar-refractivity contribution < 1.29 is 0 Å². The summed E-state index contributed by atoms with van der Waals surface area (Å²) in [7, 11) is 0. The summed E-state index contributed by atoms with van der Waals surface area (Å²) < 4.78 is 0.885. The van der Waals surface area contributed by atoms with Gasteiger partial charge in [-0.2, -0.15) is 0 Å². The minimum atomic E-state index is 0.0660. The maximum absolute atomic E-state index is 6.01. The number of hydrogen-bond acceptors (Lipinski definition) is 2. The van der Waals surface area contributed by atoms with Gasteiger partial charge in [0.1, 0.15) is 0 Å². The van der Waals surface area contributed by atoms with Crippen LogP contribution in [0.2, 0.25) is 5.02 Å². The summed E-state index contributed by atoms with van der Waals surface area (Å²) in [4.78, 5) is 0. The molecule has 100 valence electrons. The third-order valence-corrected chi connectivity index (χ3v) is 4.19. The van der Waals surface area contributed by atoms with Gasteiger partial charge in [-0.15, -0.1) is 0 Å². The Labute approximate surface area is 127 Å². The normalized spacial score (nSPS) is 12.2. The Morgan fingerprint density at radius 1 is 1.21 bits per heavy atom. The second-order valence-electron chi connectivity index (χ2n) is 4.47. The summed E-state index contributed by atoms with van der Waals surface area (Å²) in [5, 5.41) is 4.13. The fraction of sp³-hybridized carbons (Fsp3) is 0.200. The Kier molecular flexibility index (Phi) is 4.86. The van der Waals surface area contributed by atoms with E-state index in [9.17, 15) is 0 Å². The van der Waals surface area contributed by atoms with E-state index in [0.29, 0.717) is 11.6 Å². The zero-order valence-corrected chi connectivity index (χ0v) is 13.0. The van der Waals surface area contributed by atoms with Crippen LogP contribution in [0.5, 0.6) is 0 Å². The minimum Gasteiger partial charge on any atom is -0.377 e. The van der Waals surface area contributed by atoms with Crippen LogP contribution in [0.1, 0.15) is 17.2 Å². The van der Waals surface area contributed by atoms with Crippen LogP contribution in [0.25, 0.3) is 0 Å². The van der Waals surface area contributed by atoms with E-state index in [4.69, 9.17) is 17.3 Å². The molecule has 0 aliphatic rings. The van der Waals surface area contributed by atoms with Gasteiger partial charge in [0.25, 0.3) is 0 Å². The second-order valence-corrected chi connectivity index (χ2v) is 5.73. The molecule has 2 nitrogen and oxygen atoms in total. The van der Waals surface area contributed by atoms with Gasteiger partial charge in [-0.3, -0.25) is 0 Å². The van der Waals surface area contributed by atoms with Crippen molar-refractivity contribution in [3.8, 4) is 0 Å². The highest BCUT2D eigenvalue weighted by molar-refractivity contribution is 9.10. The Bertz CT molecular complexity index is 555. The molecule has 1 unspecified atom stereocenters. The van der Waals surface area contributed by atoms with Gasteiger partial charge in [0.2, 0.25) is 0 Å². The molecule has 0 saturated heterocycles. The fourth-order valence-electron chi connectivity index (χ4n) is 1.86. The number of nitrogens with two attached hydrogens (primary N) is 1. The van der Waals surface area contributed by atoms with Crippen molar-refractivity contribution in [1.29, 1.82) is 0 Å². The lowest BCUT2D eigenvalue weighted by Gasteiger charge is -2.19. The molecule has 4 heteroatoms. The molecule has 3 N–H and O–H groups in total. The van der Waals surface area contributed by atoms with Crippen LogP contribution in [0.15, 0.2) is 46.9 Å². The number of rotatable bonds is 4. The quantitative estimate of drug-likeness (QED) is 0.859. The van der Waals surface area contributed by atoms with Crippen molar-refractivity contribution in [3.05, 3.63) is 63.1 Å². The van der Waals surface area contributed by atoms with Gasteiger partial charge < -0.3 is 11.1 Å². The molecule has 0 aliphatic heterocycles. The highest BCUT2D eigenvalue weighted by Crippen LogP contribution is 2.27. The van der Waals surface area contributed by atoms with E-state index in [2.05, 4.69) is 52.4 Å². The maximum atomic E-state index is 6.01. The maximum Gasteiger partial charge on any atom is 0.0636 e. The van der Waals surface area contributed by atoms with Crippen LogP contribution < -0.4 is 11.1 Å². The lowest BCUT2D eigenvalue weighted by atomic mass is 10.1. The van der Waals surface area contributed by atoms with E-state index in [1.165, 1.54) is 5.56 Å². The highest BCUT2D eigenvalue weighted by atomic mass is 79.9. The zero-order chi connectivity index (χ0) is 13.8.